The van der Waals surface area contributed by atoms with Crippen molar-refractivity contribution >= 4 is 22.5 Å². The summed E-state index contributed by atoms with van der Waals surface area (Å²) in [5.41, 5.74) is 1.61. The van der Waals surface area contributed by atoms with E-state index in [0.29, 0.717) is 5.13 Å². The van der Waals surface area contributed by atoms with Gasteiger partial charge in [0.2, 0.25) is 5.13 Å². The van der Waals surface area contributed by atoms with E-state index in [2.05, 4.69) is 22.4 Å². The smallest absolute Gasteiger partial charge is 0.323 e. The Morgan fingerprint density at radius 2 is 2.33 bits per heavy atom. The quantitative estimate of drug-likeness (QED) is 0.794. The number of hydrogen-bond donors (Lipinski definition) is 1. The number of likely N-dealkylation sites (tertiary alicyclic amines) is 1. The minimum atomic E-state index is -0.0568. The molecule has 0 bridgehead atoms. The van der Waals surface area contributed by atoms with E-state index in [0.717, 1.165) is 31.8 Å². The summed E-state index contributed by atoms with van der Waals surface area (Å²) in [6.45, 7) is 3.90. The highest BCUT2D eigenvalue weighted by Crippen LogP contribution is 2.17. The van der Waals surface area contributed by atoms with Crippen molar-refractivity contribution in [2.75, 3.05) is 18.4 Å². The second-order valence-electron chi connectivity index (χ2n) is 3.84. The van der Waals surface area contributed by atoms with Crippen molar-refractivity contribution in [2.24, 2.45) is 5.92 Å². The van der Waals surface area contributed by atoms with Crippen LogP contribution in [0.3, 0.4) is 0 Å². The van der Waals surface area contributed by atoms with Crippen LogP contribution in [0.4, 0.5) is 9.93 Å². The third-order valence-electron chi connectivity index (χ3n) is 2.64. The topological polar surface area (TPSA) is 58.1 Å². The van der Waals surface area contributed by atoms with Crippen LogP contribution in [-0.2, 0) is 0 Å². The molecule has 5 nitrogen and oxygen atoms in total. The average Bonchev–Trinajstić information content (AvgIpc) is 2.71. The molecular weight excluding hydrogens is 212 g/mol. The number of amides is 2. The van der Waals surface area contributed by atoms with Gasteiger partial charge in [0.1, 0.15) is 5.51 Å². The van der Waals surface area contributed by atoms with Crippen molar-refractivity contribution in [3.05, 3.63) is 5.51 Å². The number of piperidine rings is 1. The maximum Gasteiger partial charge on any atom is 0.323 e. The second kappa shape index (κ2) is 4.57. The molecule has 1 aromatic heterocycles. The lowest BCUT2D eigenvalue weighted by Gasteiger charge is -2.29. The molecule has 6 heteroatoms. The van der Waals surface area contributed by atoms with Gasteiger partial charge in [0, 0.05) is 13.1 Å². The van der Waals surface area contributed by atoms with Crippen molar-refractivity contribution in [1.29, 1.82) is 0 Å². The zero-order valence-electron chi connectivity index (χ0n) is 8.64. The van der Waals surface area contributed by atoms with E-state index >= 15 is 0 Å². The number of carbonyl (C=O) groups excluding carboxylic acids is 1. The van der Waals surface area contributed by atoms with Crippen molar-refractivity contribution in [2.45, 2.75) is 19.8 Å². The third kappa shape index (κ3) is 2.65. The Hall–Kier alpha value is -1.17. The Morgan fingerprint density at radius 3 is 2.93 bits per heavy atom. The molecule has 2 amide bonds. The summed E-state index contributed by atoms with van der Waals surface area (Å²) < 4.78 is 0. The van der Waals surface area contributed by atoms with Gasteiger partial charge in [-0.15, -0.1) is 10.2 Å². The first-order valence-electron chi connectivity index (χ1n) is 5.08. The lowest BCUT2D eigenvalue weighted by atomic mass is 10.00. The van der Waals surface area contributed by atoms with Crippen LogP contribution in [0, 0.1) is 5.92 Å². The fourth-order valence-corrected chi connectivity index (χ4v) is 2.04. The Labute approximate surface area is 92.5 Å². The normalized spacial score (nSPS) is 17.8. The average molecular weight is 226 g/mol. The van der Waals surface area contributed by atoms with E-state index in [1.807, 2.05) is 4.90 Å². The SMILES string of the molecule is CC1CCN(C(=O)Nc2nncs2)CC1. The molecule has 0 spiro atoms. The van der Waals surface area contributed by atoms with Crippen molar-refractivity contribution in [1.82, 2.24) is 15.1 Å². The van der Waals surface area contributed by atoms with Gasteiger partial charge in [-0.05, 0) is 18.8 Å². The number of hydrogen-bond acceptors (Lipinski definition) is 4. The fraction of sp³-hybridized carbons (Fsp3) is 0.667. The van der Waals surface area contributed by atoms with Gasteiger partial charge in [-0.3, -0.25) is 5.32 Å². The van der Waals surface area contributed by atoms with Crippen LogP contribution in [0.2, 0.25) is 0 Å². The highest BCUT2D eigenvalue weighted by molar-refractivity contribution is 7.13. The number of urea groups is 1. The first-order chi connectivity index (χ1) is 7.25. The van der Waals surface area contributed by atoms with E-state index in [1.165, 1.54) is 11.3 Å². The third-order valence-corrected chi connectivity index (χ3v) is 3.25. The molecule has 15 heavy (non-hydrogen) atoms. The van der Waals surface area contributed by atoms with E-state index in [4.69, 9.17) is 0 Å². The molecule has 0 saturated carbocycles. The highest BCUT2D eigenvalue weighted by Gasteiger charge is 2.20. The molecule has 0 aliphatic carbocycles. The molecule has 2 rings (SSSR count). The lowest BCUT2D eigenvalue weighted by molar-refractivity contribution is 0.186. The van der Waals surface area contributed by atoms with Gasteiger partial charge in [-0.25, -0.2) is 4.79 Å². The number of carbonyl (C=O) groups is 1. The maximum absolute atomic E-state index is 11.7. The summed E-state index contributed by atoms with van der Waals surface area (Å²) in [5.74, 6) is 0.732. The summed E-state index contributed by atoms with van der Waals surface area (Å²) in [6, 6.07) is -0.0568. The van der Waals surface area contributed by atoms with Gasteiger partial charge >= 0.3 is 6.03 Å². The number of nitrogens with one attached hydrogen (secondary N) is 1. The molecule has 0 unspecified atom stereocenters. The standard InChI is InChI=1S/C9H14N4OS/c1-7-2-4-13(5-3-7)9(14)11-8-12-10-6-15-8/h6-7H,2-5H2,1H3,(H,11,12,14). The molecule has 2 heterocycles. The molecule has 0 atom stereocenters. The zero-order valence-corrected chi connectivity index (χ0v) is 9.46. The maximum atomic E-state index is 11.7. The Balaban J connectivity index is 1.86. The van der Waals surface area contributed by atoms with Crippen molar-refractivity contribution in [3.8, 4) is 0 Å². The minimum absolute atomic E-state index is 0.0568. The molecule has 1 aliphatic heterocycles. The largest absolute Gasteiger partial charge is 0.324 e. The molecule has 0 radical (unpaired) electrons. The van der Waals surface area contributed by atoms with E-state index in [-0.39, 0.29) is 6.03 Å². The molecule has 82 valence electrons. The Bertz CT molecular complexity index is 319. The van der Waals surface area contributed by atoms with Gasteiger partial charge in [-0.2, -0.15) is 0 Å². The van der Waals surface area contributed by atoms with Crippen molar-refractivity contribution < 1.29 is 4.79 Å². The van der Waals surface area contributed by atoms with Crippen LogP contribution < -0.4 is 5.32 Å². The Morgan fingerprint density at radius 1 is 1.60 bits per heavy atom. The van der Waals surface area contributed by atoms with Crippen LogP contribution >= 0.6 is 11.3 Å². The van der Waals surface area contributed by atoms with E-state index < -0.39 is 0 Å². The Kier molecular flexibility index (Phi) is 3.15. The van der Waals surface area contributed by atoms with E-state index in [1.54, 1.807) is 5.51 Å². The number of anilines is 1. The van der Waals surface area contributed by atoms with Crippen molar-refractivity contribution in [3.63, 3.8) is 0 Å². The van der Waals surface area contributed by atoms with Gasteiger partial charge in [-0.1, -0.05) is 18.3 Å². The first kappa shape index (κ1) is 10.4. The predicted molar refractivity (Wildman–Crippen MR) is 58.9 cm³/mol. The molecule has 1 saturated heterocycles. The lowest BCUT2D eigenvalue weighted by Crippen LogP contribution is -2.40. The number of rotatable bonds is 1. The summed E-state index contributed by atoms with van der Waals surface area (Å²) in [6.07, 6.45) is 2.17. The summed E-state index contributed by atoms with van der Waals surface area (Å²) in [5, 5.41) is 10.8. The molecule has 1 N–H and O–H groups in total. The molecule has 1 aromatic rings. The molecule has 0 aromatic carbocycles. The summed E-state index contributed by atoms with van der Waals surface area (Å²) in [7, 11) is 0. The van der Waals surface area contributed by atoms with Gasteiger partial charge in [0.05, 0.1) is 0 Å². The number of nitrogens with zero attached hydrogens (tertiary/aromatic N) is 3. The van der Waals surface area contributed by atoms with Crippen LogP contribution in [0.25, 0.3) is 0 Å². The molecule has 1 fully saturated rings. The van der Waals surface area contributed by atoms with Gasteiger partial charge < -0.3 is 4.90 Å². The minimum Gasteiger partial charge on any atom is -0.324 e. The second-order valence-corrected chi connectivity index (χ2v) is 4.68. The van der Waals surface area contributed by atoms with Crippen LogP contribution in [-0.4, -0.2) is 34.2 Å². The van der Waals surface area contributed by atoms with E-state index in [9.17, 15) is 4.79 Å². The zero-order chi connectivity index (χ0) is 10.7. The fourth-order valence-electron chi connectivity index (χ4n) is 1.61. The monoisotopic (exact) mass is 226 g/mol. The van der Waals surface area contributed by atoms with Crippen LogP contribution in [0.5, 0.6) is 0 Å². The molecule has 1 aliphatic rings. The highest BCUT2D eigenvalue weighted by atomic mass is 32.1. The van der Waals surface area contributed by atoms with Crippen LogP contribution in [0.15, 0.2) is 5.51 Å². The summed E-state index contributed by atoms with van der Waals surface area (Å²) >= 11 is 1.33. The van der Waals surface area contributed by atoms with Crippen LogP contribution in [0.1, 0.15) is 19.8 Å². The summed E-state index contributed by atoms with van der Waals surface area (Å²) in [4.78, 5) is 13.6. The predicted octanol–water partition coefficient (Wildman–Crippen LogP) is 1.80. The first-order valence-corrected chi connectivity index (χ1v) is 5.96. The molecular formula is C9H14N4OS. The number of aromatic nitrogens is 2. The van der Waals surface area contributed by atoms with Gasteiger partial charge in [0.15, 0.2) is 0 Å². The van der Waals surface area contributed by atoms with Gasteiger partial charge in [0.25, 0.3) is 0 Å².